The predicted octanol–water partition coefficient (Wildman–Crippen LogP) is 3.16. The summed E-state index contributed by atoms with van der Waals surface area (Å²) >= 11 is 3.10. The van der Waals surface area contributed by atoms with Gasteiger partial charge in [0.2, 0.25) is 0 Å². The molecule has 1 aromatic carbocycles. The first-order valence-electron chi connectivity index (χ1n) is 4.24. The number of anilines is 2. The summed E-state index contributed by atoms with van der Waals surface area (Å²) in [5, 5.41) is 3.09. The van der Waals surface area contributed by atoms with E-state index >= 15 is 0 Å². The summed E-state index contributed by atoms with van der Waals surface area (Å²) < 4.78 is 13.4. The molecule has 0 unspecified atom stereocenters. The van der Waals surface area contributed by atoms with Gasteiger partial charge in [-0.15, -0.1) is 6.58 Å². The molecule has 2 nitrogen and oxygen atoms in total. The number of nitrogen functional groups attached to an aromatic ring is 1. The Kier molecular flexibility index (Phi) is 3.95. The van der Waals surface area contributed by atoms with Gasteiger partial charge in [-0.25, -0.2) is 4.39 Å². The fourth-order valence-corrected chi connectivity index (χ4v) is 1.37. The molecular formula is C10H12BrFN2. The van der Waals surface area contributed by atoms with E-state index in [0.717, 1.165) is 18.7 Å². The van der Waals surface area contributed by atoms with Crippen molar-refractivity contribution < 1.29 is 4.39 Å². The zero-order valence-corrected chi connectivity index (χ0v) is 9.27. The van der Waals surface area contributed by atoms with Gasteiger partial charge in [0, 0.05) is 12.6 Å². The lowest BCUT2D eigenvalue weighted by Crippen LogP contribution is -2.03. The van der Waals surface area contributed by atoms with Gasteiger partial charge in [0.25, 0.3) is 0 Å². The number of rotatable bonds is 4. The molecule has 0 aliphatic carbocycles. The molecule has 0 heterocycles. The molecule has 0 aliphatic heterocycles. The highest BCUT2D eigenvalue weighted by Gasteiger charge is 2.04. The average molecular weight is 259 g/mol. The number of hydrogen-bond donors (Lipinski definition) is 2. The van der Waals surface area contributed by atoms with E-state index in [-0.39, 0.29) is 5.82 Å². The molecule has 76 valence electrons. The highest BCUT2D eigenvalue weighted by atomic mass is 79.9. The molecule has 0 atom stereocenters. The van der Waals surface area contributed by atoms with Crippen molar-refractivity contribution in [1.82, 2.24) is 0 Å². The molecule has 0 saturated carbocycles. The normalized spacial score (nSPS) is 9.86. The van der Waals surface area contributed by atoms with Crippen molar-refractivity contribution in [3.63, 3.8) is 0 Å². The topological polar surface area (TPSA) is 38.0 Å². The van der Waals surface area contributed by atoms with E-state index in [9.17, 15) is 4.39 Å². The second kappa shape index (κ2) is 5.00. The van der Waals surface area contributed by atoms with Crippen LogP contribution in [0.2, 0.25) is 0 Å². The van der Waals surface area contributed by atoms with Gasteiger partial charge >= 0.3 is 0 Å². The molecule has 0 aromatic heterocycles. The Morgan fingerprint density at radius 1 is 1.57 bits per heavy atom. The van der Waals surface area contributed by atoms with Crippen molar-refractivity contribution in [2.45, 2.75) is 6.42 Å². The number of benzene rings is 1. The van der Waals surface area contributed by atoms with Crippen molar-refractivity contribution >= 4 is 27.3 Å². The van der Waals surface area contributed by atoms with Gasteiger partial charge in [0.15, 0.2) is 0 Å². The Balaban J connectivity index is 2.76. The number of halogens is 2. The van der Waals surface area contributed by atoms with Crippen LogP contribution in [-0.4, -0.2) is 6.54 Å². The predicted molar refractivity (Wildman–Crippen MR) is 61.8 cm³/mol. The average Bonchev–Trinajstić information content (AvgIpc) is 2.14. The van der Waals surface area contributed by atoms with Crippen LogP contribution in [0.1, 0.15) is 6.42 Å². The van der Waals surface area contributed by atoms with Gasteiger partial charge in [-0.1, -0.05) is 6.08 Å². The maximum atomic E-state index is 13.0. The minimum Gasteiger partial charge on any atom is -0.397 e. The van der Waals surface area contributed by atoms with E-state index in [2.05, 4.69) is 27.8 Å². The Morgan fingerprint density at radius 2 is 2.29 bits per heavy atom. The summed E-state index contributed by atoms with van der Waals surface area (Å²) in [6, 6.07) is 2.92. The molecule has 3 N–H and O–H groups in total. The minimum atomic E-state index is -0.350. The molecular weight excluding hydrogens is 247 g/mol. The van der Waals surface area contributed by atoms with Gasteiger partial charge in [0.05, 0.1) is 15.8 Å². The highest BCUT2D eigenvalue weighted by Crippen LogP contribution is 2.26. The maximum Gasteiger partial charge on any atom is 0.139 e. The Labute approximate surface area is 91.1 Å². The van der Waals surface area contributed by atoms with Crippen LogP contribution in [0, 0.1) is 5.82 Å². The van der Waals surface area contributed by atoms with Crippen LogP contribution in [0.25, 0.3) is 0 Å². The van der Waals surface area contributed by atoms with Crippen LogP contribution in [0.5, 0.6) is 0 Å². The Morgan fingerprint density at radius 3 is 2.93 bits per heavy atom. The molecule has 4 heteroatoms. The first-order valence-corrected chi connectivity index (χ1v) is 5.03. The Bertz CT molecular complexity index is 339. The van der Waals surface area contributed by atoms with E-state index in [1.807, 2.05) is 6.08 Å². The summed E-state index contributed by atoms with van der Waals surface area (Å²) in [6.45, 7) is 4.35. The third-order valence-corrected chi connectivity index (χ3v) is 2.36. The second-order valence-electron chi connectivity index (χ2n) is 2.86. The molecule has 0 amide bonds. The summed E-state index contributed by atoms with van der Waals surface area (Å²) in [5.41, 5.74) is 6.77. The highest BCUT2D eigenvalue weighted by molar-refractivity contribution is 9.10. The van der Waals surface area contributed by atoms with Crippen molar-refractivity contribution in [3.05, 3.63) is 35.1 Å². The van der Waals surface area contributed by atoms with Gasteiger partial charge in [0.1, 0.15) is 5.82 Å². The Hall–Kier alpha value is -1.03. The fraction of sp³-hybridized carbons (Fsp3) is 0.200. The maximum absolute atomic E-state index is 13.0. The van der Waals surface area contributed by atoms with Crippen LogP contribution in [-0.2, 0) is 0 Å². The van der Waals surface area contributed by atoms with Crippen LogP contribution < -0.4 is 11.1 Å². The van der Waals surface area contributed by atoms with E-state index in [4.69, 9.17) is 5.73 Å². The molecule has 0 spiro atoms. The SMILES string of the molecule is C=CCCNc1cc(Br)c(F)cc1N. The van der Waals surface area contributed by atoms with Crippen LogP contribution >= 0.6 is 15.9 Å². The van der Waals surface area contributed by atoms with E-state index in [1.165, 1.54) is 6.07 Å². The molecule has 0 aliphatic rings. The van der Waals surface area contributed by atoms with Crippen molar-refractivity contribution in [2.24, 2.45) is 0 Å². The second-order valence-corrected chi connectivity index (χ2v) is 3.71. The minimum absolute atomic E-state index is 0.350. The standard InChI is InChI=1S/C10H12BrFN2/c1-2-3-4-14-10-5-7(11)8(12)6-9(10)13/h2,5-6,14H,1,3-4,13H2. The summed E-state index contributed by atoms with van der Waals surface area (Å²) in [5.74, 6) is -0.350. The van der Waals surface area contributed by atoms with Crippen molar-refractivity contribution in [1.29, 1.82) is 0 Å². The number of nitrogens with two attached hydrogens (primary N) is 1. The molecule has 1 rings (SSSR count). The third-order valence-electron chi connectivity index (χ3n) is 1.76. The van der Waals surface area contributed by atoms with Crippen LogP contribution in [0.3, 0.4) is 0 Å². The molecule has 0 bridgehead atoms. The largest absolute Gasteiger partial charge is 0.397 e. The lowest BCUT2D eigenvalue weighted by Gasteiger charge is -2.09. The van der Waals surface area contributed by atoms with Crippen LogP contribution in [0.4, 0.5) is 15.8 Å². The molecule has 0 fully saturated rings. The smallest absolute Gasteiger partial charge is 0.139 e. The van der Waals surface area contributed by atoms with Crippen LogP contribution in [0.15, 0.2) is 29.3 Å². The summed E-state index contributed by atoms with van der Waals surface area (Å²) in [6.07, 6.45) is 2.65. The summed E-state index contributed by atoms with van der Waals surface area (Å²) in [7, 11) is 0. The van der Waals surface area contributed by atoms with Gasteiger partial charge < -0.3 is 11.1 Å². The van der Waals surface area contributed by atoms with Crippen molar-refractivity contribution in [3.8, 4) is 0 Å². The summed E-state index contributed by atoms with van der Waals surface area (Å²) in [4.78, 5) is 0. The van der Waals surface area contributed by atoms with Gasteiger partial charge in [-0.2, -0.15) is 0 Å². The fourth-order valence-electron chi connectivity index (χ4n) is 1.02. The molecule has 0 saturated heterocycles. The van der Waals surface area contributed by atoms with E-state index < -0.39 is 0 Å². The van der Waals surface area contributed by atoms with Crippen molar-refractivity contribution in [2.75, 3.05) is 17.6 Å². The first kappa shape index (κ1) is 11.0. The van der Waals surface area contributed by atoms with Gasteiger partial charge in [-0.3, -0.25) is 0 Å². The lowest BCUT2D eigenvalue weighted by molar-refractivity contribution is 0.622. The molecule has 14 heavy (non-hydrogen) atoms. The monoisotopic (exact) mass is 258 g/mol. The first-order chi connectivity index (χ1) is 6.65. The van der Waals surface area contributed by atoms with Gasteiger partial charge in [-0.05, 0) is 28.4 Å². The number of nitrogens with one attached hydrogen (secondary N) is 1. The molecule has 1 aromatic rings. The number of hydrogen-bond acceptors (Lipinski definition) is 2. The van der Waals surface area contributed by atoms with E-state index in [1.54, 1.807) is 6.07 Å². The quantitative estimate of drug-likeness (QED) is 0.495. The third kappa shape index (κ3) is 2.73. The van der Waals surface area contributed by atoms with E-state index in [0.29, 0.717) is 10.2 Å². The lowest BCUT2D eigenvalue weighted by atomic mass is 10.2. The molecule has 0 radical (unpaired) electrons. The zero-order chi connectivity index (χ0) is 10.6. The zero-order valence-electron chi connectivity index (χ0n) is 7.69.